The first-order valence-electron chi connectivity index (χ1n) is 7.28. The topological polar surface area (TPSA) is 26.3 Å². The summed E-state index contributed by atoms with van der Waals surface area (Å²) in [5.41, 5.74) is 0. The van der Waals surface area contributed by atoms with E-state index in [0.29, 0.717) is 12.2 Å². The summed E-state index contributed by atoms with van der Waals surface area (Å²) < 4.78 is 7.37. The van der Waals surface area contributed by atoms with Crippen LogP contribution in [-0.4, -0.2) is 20.2 Å². The van der Waals surface area contributed by atoms with Crippen LogP contribution in [0.1, 0.15) is 46.5 Å². The van der Waals surface area contributed by atoms with Crippen LogP contribution in [0.25, 0.3) is 0 Å². The van der Waals surface area contributed by atoms with Gasteiger partial charge in [-0.05, 0) is 68.9 Å². The minimum atomic E-state index is -1.89. The van der Waals surface area contributed by atoms with Gasteiger partial charge in [-0.15, -0.1) is 0 Å². The molecule has 5 heteroatoms. The van der Waals surface area contributed by atoms with E-state index in [-0.39, 0.29) is 17.1 Å². The predicted octanol–water partition coefficient (Wildman–Crippen LogP) is 5.77. The van der Waals surface area contributed by atoms with Crippen molar-refractivity contribution in [1.29, 1.82) is 0 Å². The summed E-state index contributed by atoms with van der Waals surface area (Å²) in [6, 6.07) is 0. The molecule has 2 atom stereocenters. The molecule has 2 nitrogen and oxygen atoms in total. The van der Waals surface area contributed by atoms with Crippen molar-refractivity contribution >= 4 is 46.0 Å². The van der Waals surface area contributed by atoms with Crippen LogP contribution < -0.4 is 0 Å². The molecular weight excluding hydrogens is 400 g/mol. The highest BCUT2D eigenvalue weighted by Crippen LogP contribution is 2.40. The van der Waals surface area contributed by atoms with E-state index >= 15 is 0 Å². The van der Waals surface area contributed by atoms with Crippen LogP contribution in [0.5, 0.6) is 0 Å². The lowest BCUT2D eigenvalue weighted by Crippen LogP contribution is -2.46. The molecule has 0 aromatic carbocycles. The zero-order valence-electron chi connectivity index (χ0n) is 13.1. The van der Waals surface area contributed by atoms with Crippen LogP contribution in [0.4, 0.5) is 0 Å². The number of halogens is 2. The van der Waals surface area contributed by atoms with Gasteiger partial charge in [-0.2, -0.15) is 0 Å². The molecule has 0 aromatic heterocycles. The maximum atomic E-state index is 12.2. The molecule has 0 N–H and O–H groups in total. The van der Waals surface area contributed by atoms with Crippen LogP contribution >= 0.6 is 31.9 Å². The third kappa shape index (κ3) is 5.07. The quantitative estimate of drug-likeness (QED) is 0.534. The lowest BCUT2D eigenvalue weighted by Gasteiger charge is -2.41. The average Bonchev–Trinajstić information content (AvgIpc) is 2.26. The van der Waals surface area contributed by atoms with Crippen molar-refractivity contribution in [2.75, 3.05) is 0 Å². The summed E-state index contributed by atoms with van der Waals surface area (Å²) in [6.45, 7) is 11.2. The number of hydrogen-bond donors (Lipinski definition) is 0. The second kappa shape index (κ2) is 7.21. The Kier molecular flexibility index (Phi) is 6.70. The normalized spacial score (nSPS) is 22.6. The van der Waals surface area contributed by atoms with Gasteiger partial charge in [0, 0.05) is 12.3 Å². The van der Waals surface area contributed by atoms with Gasteiger partial charge in [-0.1, -0.05) is 27.2 Å². The highest BCUT2D eigenvalue weighted by molar-refractivity contribution is 9.28. The number of hydrogen-bond acceptors (Lipinski definition) is 2. The lowest BCUT2D eigenvalue weighted by molar-refractivity contribution is -0.127. The zero-order chi connectivity index (χ0) is 15.6. The summed E-state index contributed by atoms with van der Waals surface area (Å²) >= 11 is 6.84. The molecule has 0 saturated heterocycles. The molecule has 1 aliphatic carbocycles. The summed E-state index contributed by atoms with van der Waals surface area (Å²) in [5, 5.41) is 0.148. The Bertz CT molecular complexity index is 382. The fourth-order valence-corrected chi connectivity index (χ4v) is 4.02. The van der Waals surface area contributed by atoms with Crippen LogP contribution in [-0.2, 0) is 9.22 Å². The molecule has 116 valence electrons. The molecule has 0 unspecified atom stereocenters. The van der Waals surface area contributed by atoms with Crippen molar-refractivity contribution in [3.63, 3.8) is 0 Å². The summed E-state index contributed by atoms with van der Waals surface area (Å²) in [6.07, 6.45) is 5.70. The Morgan fingerprint density at radius 1 is 1.35 bits per heavy atom. The molecular formula is C15H26Br2O2Si. The molecule has 1 rings (SSSR count). The lowest BCUT2D eigenvalue weighted by atomic mass is 9.84. The van der Waals surface area contributed by atoms with E-state index in [1.165, 1.54) is 0 Å². The van der Waals surface area contributed by atoms with Crippen molar-refractivity contribution in [2.24, 2.45) is 5.92 Å². The molecule has 1 aliphatic rings. The standard InChI is InChI=1S/C15H26Br2O2Si/c1-15(2,3)20(4,5)19-13(10-14(16)17)11-8-6-7-9-12(11)18/h10-11,13H,6-9H2,1-5H3/t11-,13-/m0/s1. The van der Waals surface area contributed by atoms with Gasteiger partial charge >= 0.3 is 0 Å². The Balaban J connectivity index is 2.96. The monoisotopic (exact) mass is 424 g/mol. The molecule has 0 bridgehead atoms. The van der Waals surface area contributed by atoms with Crippen molar-refractivity contribution in [1.82, 2.24) is 0 Å². The van der Waals surface area contributed by atoms with Crippen LogP contribution in [0.15, 0.2) is 9.47 Å². The molecule has 0 radical (unpaired) electrons. The fourth-order valence-electron chi connectivity index (χ4n) is 2.23. The second-order valence-electron chi connectivity index (χ2n) is 7.12. The van der Waals surface area contributed by atoms with E-state index in [9.17, 15) is 4.79 Å². The van der Waals surface area contributed by atoms with Crippen molar-refractivity contribution in [3.8, 4) is 0 Å². The van der Waals surface area contributed by atoms with E-state index in [1.807, 2.05) is 6.08 Å². The van der Waals surface area contributed by atoms with Gasteiger partial charge in [-0.3, -0.25) is 4.79 Å². The SMILES string of the molecule is CC(C)(C)[Si](C)(C)O[C@@H](C=C(Br)Br)[C@H]1CCCCC1=O. The molecule has 0 aromatic rings. The molecule has 1 fully saturated rings. The van der Waals surface area contributed by atoms with Gasteiger partial charge in [0.15, 0.2) is 8.32 Å². The van der Waals surface area contributed by atoms with Crippen molar-refractivity contribution in [3.05, 3.63) is 9.47 Å². The number of carbonyl (C=O) groups is 1. The summed E-state index contributed by atoms with van der Waals surface area (Å²) in [4.78, 5) is 12.2. The maximum absolute atomic E-state index is 12.2. The van der Waals surface area contributed by atoms with E-state index in [4.69, 9.17) is 4.43 Å². The molecule has 1 saturated carbocycles. The molecule has 0 spiro atoms. The van der Waals surface area contributed by atoms with Crippen LogP contribution in [0, 0.1) is 5.92 Å². The average molecular weight is 426 g/mol. The Morgan fingerprint density at radius 3 is 2.40 bits per heavy atom. The predicted molar refractivity (Wildman–Crippen MR) is 95.0 cm³/mol. The first kappa shape index (κ1) is 18.6. The highest BCUT2D eigenvalue weighted by Gasteiger charge is 2.41. The third-order valence-electron chi connectivity index (χ3n) is 4.53. The van der Waals surface area contributed by atoms with E-state index in [0.717, 1.165) is 22.7 Å². The van der Waals surface area contributed by atoms with Gasteiger partial charge in [-0.25, -0.2) is 0 Å². The summed E-state index contributed by atoms with van der Waals surface area (Å²) in [5.74, 6) is 0.375. The first-order valence-corrected chi connectivity index (χ1v) is 11.8. The minimum Gasteiger partial charge on any atom is -0.410 e. The van der Waals surface area contributed by atoms with Crippen molar-refractivity contribution < 1.29 is 9.22 Å². The molecule has 0 heterocycles. The zero-order valence-corrected chi connectivity index (χ0v) is 17.3. The molecule has 0 amide bonds. The first-order chi connectivity index (χ1) is 9.04. The Hall–Kier alpha value is 0.547. The minimum absolute atomic E-state index is 0.0166. The maximum Gasteiger partial charge on any atom is 0.192 e. The number of Topliss-reactive ketones (excluding diaryl/α,β-unsaturated/α-hetero) is 1. The highest BCUT2D eigenvalue weighted by atomic mass is 79.9. The second-order valence-corrected chi connectivity index (χ2v) is 14.6. The van der Waals surface area contributed by atoms with Gasteiger partial charge < -0.3 is 4.43 Å². The fraction of sp³-hybridized carbons (Fsp3) is 0.800. The van der Waals surface area contributed by atoms with Gasteiger partial charge in [0.1, 0.15) is 5.78 Å². The van der Waals surface area contributed by atoms with Gasteiger partial charge in [0.05, 0.1) is 9.50 Å². The van der Waals surface area contributed by atoms with Crippen molar-refractivity contribution in [2.45, 2.75) is 70.7 Å². The van der Waals surface area contributed by atoms with E-state index < -0.39 is 8.32 Å². The number of ketones is 1. The number of rotatable bonds is 4. The largest absolute Gasteiger partial charge is 0.410 e. The van der Waals surface area contributed by atoms with Crippen LogP contribution in [0.3, 0.4) is 0 Å². The van der Waals surface area contributed by atoms with E-state index in [2.05, 4.69) is 65.7 Å². The van der Waals surface area contributed by atoms with Crippen LogP contribution in [0.2, 0.25) is 18.1 Å². The van der Waals surface area contributed by atoms with Gasteiger partial charge in [0.2, 0.25) is 0 Å². The third-order valence-corrected chi connectivity index (χ3v) is 9.53. The Labute approximate surface area is 141 Å². The summed E-state index contributed by atoms with van der Waals surface area (Å²) in [7, 11) is -1.89. The Morgan fingerprint density at radius 2 is 1.95 bits per heavy atom. The number of carbonyl (C=O) groups excluding carboxylic acids is 1. The smallest absolute Gasteiger partial charge is 0.192 e. The van der Waals surface area contributed by atoms with E-state index in [1.54, 1.807) is 0 Å². The molecule has 0 aliphatic heterocycles. The van der Waals surface area contributed by atoms with Gasteiger partial charge in [0.25, 0.3) is 0 Å². The molecule has 20 heavy (non-hydrogen) atoms.